The number of nitrogens with zero attached hydrogens (tertiary/aromatic N) is 4. The van der Waals surface area contributed by atoms with Gasteiger partial charge in [-0.15, -0.1) is 0 Å². The molecule has 1 amide bonds. The van der Waals surface area contributed by atoms with Gasteiger partial charge < -0.3 is 4.74 Å². The Morgan fingerprint density at radius 1 is 1.00 bits per heavy atom. The summed E-state index contributed by atoms with van der Waals surface area (Å²) < 4.78 is 35.4. The van der Waals surface area contributed by atoms with E-state index in [0.29, 0.717) is 24.2 Å². The maximum atomic E-state index is 14.3. The minimum Gasteiger partial charge on any atom is -0.491 e. The summed E-state index contributed by atoms with van der Waals surface area (Å²) in [4.78, 5) is 25.9. The number of methoxy groups -OCH3 is 1. The lowest BCUT2D eigenvalue weighted by atomic mass is 9.87. The lowest BCUT2D eigenvalue weighted by molar-refractivity contribution is -0.104. The van der Waals surface area contributed by atoms with Crippen LogP contribution < -0.4 is 10.2 Å². The molecule has 0 radical (unpaired) electrons. The van der Waals surface area contributed by atoms with Gasteiger partial charge in [-0.2, -0.15) is 10.1 Å². The van der Waals surface area contributed by atoms with Crippen LogP contribution in [0.5, 0.6) is 5.75 Å². The predicted octanol–water partition coefficient (Wildman–Crippen LogP) is 3.33. The van der Waals surface area contributed by atoms with Crippen molar-refractivity contribution in [3.8, 4) is 5.75 Å². The van der Waals surface area contributed by atoms with E-state index in [1.54, 1.807) is 29.3 Å². The summed E-state index contributed by atoms with van der Waals surface area (Å²) >= 11 is 0. The Hall–Kier alpha value is -3.59. The van der Waals surface area contributed by atoms with Gasteiger partial charge >= 0.3 is 0 Å². The van der Waals surface area contributed by atoms with Crippen LogP contribution in [0, 0.1) is 11.6 Å². The third kappa shape index (κ3) is 3.58. The van der Waals surface area contributed by atoms with Gasteiger partial charge in [-0.1, -0.05) is 24.3 Å². The highest BCUT2D eigenvalue weighted by molar-refractivity contribution is 5.95. The lowest BCUT2D eigenvalue weighted by Crippen LogP contribution is -2.59. The number of rotatable bonds is 4. The van der Waals surface area contributed by atoms with Crippen LogP contribution >= 0.6 is 0 Å². The normalized spacial score (nSPS) is 18.2. The van der Waals surface area contributed by atoms with Crippen molar-refractivity contribution in [2.45, 2.75) is 24.9 Å². The van der Waals surface area contributed by atoms with Crippen molar-refractivity contribution >= 4 is 5.91 Å². The summed E-state index contributed by atoms with van der Waals surface area (Å²) in [5, 5.41) is 7.80. The number of hydrogen-bond acceptors (Lipinski definition) is 5. The molecule has 7 nitrogen and oxygen atoms in total. The van der Waals surface area contributed by atoms with Crippen LogP contribution in [0.15, 0.2) is 59.5 Å². The van der Waals surface area contributed by atoms with Gasteiger partial charge in [0.1, 0.15) is 17.8 Å². The van der Waals surface area contributed by atoms with E-state index >= 15 is 0 Å². The fourth-order valence-electron chi connectivity index (χ4n) is 4.82. The number of benzene rings is 2. The number of fused-ring (bicyclic) bond motifs is 2. The highest BCUT2D eigenvalue weighted by atomic mass is 19.1. The van der Waals surface area contributed by atoms with Crippen molar-refractivity contribution in [3.63, 3.8) is 0 Å². The summed E-state index contributed by atoms with van der Waals surface area (Å²) in [6.45, 7) is 1.01. The smallest absolute Gasteiger partial charge is 0.290 e. The molecule has 5 rings (SSSR count). The van der Waals surface area contributed by atoms with Crippen LogP contribution in [0.2, 0.25) is 0 Å². The molecule has 0 saturated carbocycles. The van der Waals surface area contributed by atoms with Crippen molar-refractivity contribution in [3.05, 3.63) is 93.4 Å². The van der Waals surface area contributed by atoms with Crippen LogP contribution in [0.25, 0.3) is 0 Å². The molecular weight excluding hydrogens is 430 g/mol. The van der Waals surface area contributed by atoms with Crippen molar-refractivity contribution in [2.24, 2.45) is 0 Å². The summed E-state index contributed by atoms with van der Waals surface area (Å²) in [6.07, 6.45) is 2.09. The topological polar surface area (TPSA) is 67.7 Å². The number of hydrogen-bond donors (Lipinski definition) is 0. The molecule has 1 atom stereocenters. The Bertz CT molecular complexity index is 1230. The number of ether oxygens (including phenoxy) is 1. The standard InChI is InChI=1S/C24H22F2N4O3/c1-33-22-19(31)14-27-30-21(22)24(32)29-11-3-2-10-28(29)23(30)20(15-6-4-8-17(25)12-15)16-7-5-9-18(26)13-16/h4-9,12-14,20,23H,2-3,10-11H2,1H3/t23-/m0/s1. The fourth-order valence-corrected chi connectivity index (χ4v) is 4.82. The second-order valence-electron chi connectivity index (χ2n) is 8.14. The van der Waals surface area contributed by atoms with Crippen LogP contribution in [0.1, 0.15) is 46.5 Å². The number of carbonyl (C=O) groups excluding carboxylic acids is 1. The van der Waals surface area contributed by atoms with Crippen LogP contribution in [-0.2, 0) is 0 Å². The average molecular weight is 452 g/mol. The minimum absolute atomic E-state index is 0.0333. The van der Waals surface area contributed by atoms with Gasteiger partial charge in [-0.05, 0) is 48.2 Å². The molecule has 0 N–H and O–H groups in total. The van der Waals surface area contributed by atoms with Crippen LogP contribution in [0.4, 0.5) is 8.78 Å². The van der Waals surface area contributed by atoms with E-state index in [1.165, 1.54) is 36.1 Å². The van der Waals surface area contributed by atoms with E-state index in [-0.39, 0.29) is 17.4 Å². The Labute approximate surface area is 188 Å². The van der Waals surface area contributed by atoms with E-state index in [0.717, 1.165) is 19.0 Å². The Morgan fingerprint density at radius 2 is 1.64 bits per heavy atom. The fraction of sp³-hybridized carbons (Fsp3) is 0.292. The van der Waals surface area contributed by atoms with Crippen molar-refractivity contribution < 1.29 is 18.3 Å². The van der Waals surface area contributed by atoms with Crippen LogP contribution in [0.3, 0.4) is 0 Å². The van der Waals surface area contributed by atoms with E-state index in [4.69, 9.17) is 4.74 Å². The highest BCUT2D eigenvalue weighted by Crippen LogP contribution is 2.43. The van der Waals surface area contributed by atoms with Gasteiger partial charge in [0.25, 0.3) is 5.91 Å². The molecule has 2 aliphatic rings. The van der Waals surface area contributed by atoms with Gasteiger partial charge in [-0.25, -0.2) is 13.5 Å². The quantitative estimate of drug-likeness (QED) is 0.608. The molecule has 170 valence electrons. The van der Waals surface area contributed by atoms with Crippen LogP contribution in [-0.4, -0.2) is 45.9 Å². The zero-order chi connectivity index (χ0) is 23.1. The van der Waals surface area contributed by atoms with Gasteiger partial charge in [0.2, 0.25) is 5.43 Å². The molecule has 0 aliphatic carbocycles. The maximum absolute atomic E-state index is 14.3. The molecule has 2 aromatic carbocycles. The molecule has 0 bridgehead atoms. The summed E-state index contributed by atoms with van der Waals surface area (Å²) in [6, 6.07) is 12.2. The number of carbonyl (C=O) groups is 1. The average Bonchev–Trinajstić information content (AvgIpc) is 2.81. The first-order valence-corrected chi connectivity index (χ1v) is 10.7. The second-order valence-corrected chi connectivity index (χ2v) is 8.14. The first-order valence-electron chi connectivity index (χ1n) is 10.7. The van der Waals surface area contributed by atoms with Gasteiger partial charge in [0.05, 0.1) is 13.3 Å². The maximum Gasteiger partial charge on any atom is 0.290 e. The number of amides is 1. The van der Waals surface area contributed by atoms with Crippen molar-refractivity contribution in [1.29, 1.82) is 0 Å². The molecule has 1 saturated heterocycles. The molecule has 2 aliphatic heterocycles. The molecule has 0 spiro atoms. The summed E-state index contributed by atoms with van der Waals surface area (Å²) in [5.74, 6) is -1.93. The first-order chi connectivity index (χ1) is 16.0. The predicted molar refractivity (Wildman–Crippen MR) is 116 cm³/mol. The summed E-state index contributed by atoms with van der Waals surface area (Å²) in [5.41, 5.74) is 0.715. The first kappa shape index (κ1) is 21.3. The molecule has 9 heteroatoms. The van der Waals surface area contributed by atoms with E-state index in [2.05, 4.69) is 5.10 Å². The monoisotopic (exact) mass is 452 g/mol. The van der Waals surface area contributed by atoms with Crippen molar-refractivity contribution in [2.75, 3.05) is 20.2 Å². The molecular formula is C24H22F2N4O3. The highest BCUT2D eigenvalue weighted by Gasteiger charge is 2.46. The molecule has 0 unspecified atom stereocenters. The summed E-state index contributed by atoms with van der Waals surface area (Å²) in [7, 11) is 1.33. The number of aromatic nitrogens is 2. The zero-order valence-electron chi connectivity index (χ0n) is 17.9. The number of halogens is 2. The van der Waals surface area contributed by atoms with E-state index < -0.39 is 29.1 Å². The molecule has 3 aromatic rings. The molecule has 1 aromatic heterocycles. The van der Waals surface area contributed by atoms with Gasteiger partial charge in [-0.3, -0.25) is 14.6 Å². The Balaban J connectivity index is 1.80. The Morgan fingerprint density at radius 3 is 2.24 bits per heavy atom. The molecule has 3 heterocycles. The van der Waals surface area contributed by atoms with E-state index in [1.807, 2.05) is 5.01 Å². The third-order valence-corrected chi connectivity index (χ3v) is 6.20. The third-order valence-electron chi connectivity index (χ3n) is 6.20. The van der Waals surface area contributed by atoms with Gasteiger partial charge in [0, 0.05) is 19.0 Å². The van der Waals surface area contributed by atoms with Crippen molar-refractivity contribution in [1.82, 2.24) is 19.8 Å². The SMILES string of the molecule is COc1c2n(ncc1=O)[C@@H](C(c1cccc(F)c1)c1cccc(F)c1)N1CCCCN1C2=O. The minimum atomic E-state index is -0.656. The molecule has 33 heavy (non-hydrogen) atoms. The lowest BCUT2D eigenvalue weighted by Gasteiger charge is -2.49. The zero-order valence-corrected chi connectivity index (χ0v) is 17.9. The van der Waals surface area contributed by atoms with Gasteiger partial charge in [0.15, 0.2) is 11.4 Å². The largest absolute Gasteiger partial charge is 0.491 e. The Kier molecular flexibility index (Phi) is 5.41. The molecule has 1 fully saturated rings. The van der Waals surface area contributed by atoms with E-state index in [9.17, 15) is 18.4 Å². The second kappa shape index (κ2) is 8.40. The number of hydrazine groups is 1.